The zero-order valence-corrected chi connectivity index (χ0v) is 10.9. The SMILES string of the molecule is Cc1cc(NC(C)C(=O)NC2CC2)c(C(=O)O)cn1. The zero-order chi connectivity index (χ0) is 14.0. The minimum Gasteiger partial charge on any atom is -0.478 e. The van der Waals surface area contributed by atoms with Gasteiger partial charge in [0.25, 0.3) is 0 Å². The molecular formula is C13H17N3O3. The van der Waals surface area contributed by atoms with E-state index in [1.807, 2.05) is 0 Å². The number of rotatable bonds is 5. The monoisotopic (exact) mass is 263 g/mol. The molecule has 3 N–H and O–H groups in total. The number of pyridine rings is 1. The average molecular weight is 263 g/mol. The maximum Gasteiger partial charge on any atom is 0.339 e. The Morgan fingerprint density at radius 3 is 2.74 bits per heavy atom. The van der Waals surface area contributed by atoms with Gasteiger partial charge >= 0.3 is 5.97 Å². The van der Waals surface area contributed by atoms with Crippen molar-refractivity contribution in [2.45, 2.75) is 38.8 Å². The third-order valence-electron chi connectivity index (χ3n) is 2.96. The van der Waals surface area contributed by atoms with Gasteiger partial charge in [0.2, 0.25) is 5.91 Å². The fourth-order valence-corrected chi connectivity index (χ4v) is 1.70. The summed E-state index contributed by atoms with van der Waals surface area (Å²) in [5.74, 6) is -1.18. The Bertz CT molecular complexity index is 512. The van der Waals surface area contributed by atoms with Crippen LogP contribution in [0.15, 0.2) is 12.3 Å². The molecule has 0 saturated heterocycles. The van der Waals surface area contributed by atoms with Crippen molar-refractivity contribution >= 4 is 17.6 Å². The number of aromatic nitrogens is 1. The number of aromatic carboxylic acids is 1. The first-order valence-corrected chi connectivity index (χ1v) is 6.24. The van der Waals surface area contributed by atoms with Crippen molar-refractivity contribution in [1.82, 2.24) is 10.3 Å². The molecule has 2 rings (SSSR count). The van der Waals surface area contributed by atoms with E-state index in [1.165, 1.54) is 6.20 Å². The van der Waals surface area contributed by atoms with Crippen molar-refractivity contribution in [2.75, 3.05) is 5.32 Å². The third kappa shape index (κ3) is 3.43. The Morgan fingerprint density at radius 1 is 1.47 bits per heavy atom. The summed E-state index contributed by atoms with van der Waals surface area (Å²) in [7, 11) is 0. The molecule has 19 heavy (non-hydrogen) atoms. The van der Waals surface area contributed by atoms with Gasteiger partial charge in [-0.3, -0.25) is 9.78 Å². The predicted octanol–water partition coefficient (Wildman–Crippen LogP) is 1.17. The van der Waals surface area contributed by atoms with Gasteiger partial charge in [-0.25, -0.2) is 4.79 Å². The van der Waals surface area contributed by atoms with Gasteiger partial charge in [0.05, 0.1) is 5.69 Å². The molecule has 1 fully saturated rings. The van der Waals surface area contributed by atoms with E-state index in [1.54, 1.807) is 19.9 Å². The number of carboxylic acids is 1. The number of anilines is 1. The summed E-state index contributed by atoms with van der Waals surface area (Å²) >= 11 is 0. The number of aryl methyl sites for hydroxylation is 1. The largest absolute Gasteiger partial charge is 0.478 e. The summed E-state index contributed by atoms with van der Waals surface area (Å²) < 4.78 is 0. The number of carbonyl (C=O) groups is 2. The molecule has 0 radical (unpaired) electrons. The molecule has 1 unspecified atom stereocenters. The van der Waals surface area contributed by atoms with Gasteiger partial charge in [-0.05, 0) is 32.8 Å². The number of carbonyl (C=O) groups excluding carboxylic acids is 1. The molecule has 1 aromatic rings. The second-order valence-corrected chi connectivity index (χ2v) is 4.83. The van der Waals surface area contributed by atoms with Crippen LogP contribution in [0.3, 0.4) is 0 Å². The van der Waals surface area contributed by atoms with Crippen molar-refractivity contribution < 1.29 is 14.7 Å². The van der Waals surface area contributed by atoms with E-state index in [2.05, 4.69) is 15.6 Å². The summed E-state index contributed by atoms with van der Waals surface area (Å²) in [6.07, 6.45) is 3.34. The summed E-state index contributed by atoms with van der Waals surface area (Å²) in [5.41, 5.74) is 1.18. The van der Waals surface area contributed by atoms with E-state index in [4.69, 9.17) is 5.11 Å². The van der Waals surface area contributed by atoms with Crippen molar-refractivity contribution in [3.05, 3.63) is 23.5 Å². The van der Waals surface area contributed by atoms with Crippen LogP contribution in [-0.4, -0.2) is 34.1 Å². The number of carboxylic acid groups (broad SMARTS) is 1. The highest BCUT2D eigenvalue weighted by Gasteiger charge is 2.26. The molecule has 0 bridgehead atoms. The maximum absolute atomic E-state index is 11.8. The molecule has 0 spiro atoms. The van der Waals surface area contributed by atoms with E-state index in [0.717, 1.165) is 12.8 Å². The zero-order valence-electron chi connectivity index (χ0n) is 10.9. The molecule has 102 valence electrons. The van der Waals surface area contributed by atoms with Crippen molar-refractivity contribution in [2.24, 2.45) is 0 Å². The topological polar surface area (TPSA) is 91.3 Å². The summed E-state index contributed by atoms with van der Waals surface area (Å²) in [5, 5.41) is 14.9. The van der Waals surface area contributed by atoms with E-state index >= 15 is 0 Å². The first kappa shape index (κ1) is 13.3. The van der Waals surface area contributed by atoms with E-state index in [9.17, 15) is 9.59 Å². The van der Waals surface area contributed by atoms with Crippen molar-refractivity contribution in [3.63, 3.8) is 0 Å². The van der Waals surface area contributed by atoms with Crippen LogP contribution in [-0.2, 0) is 4.79 Å². The number of nitrogens with one attached hydrogen (secondary N) is 2. The lowest BCUT2D eigenvalue weighted by Crippen LogP contribution is -2.39. The van der Waals surface area contributed by atoms with Crippen LogP contribution in [0.5, 0.6) is 0 Å². The molecule has 1 saturated carbocycles. The molecule has 1 aromatic heterocycles. The lowest BCUT2D eigenvalue weighted by atomic mass is 10.2. The van der Waals surface area contributed by atoms with Gasteiger partial charge < -0.3 is 15.7 Å². The molecule has 6 nitrogen and oxygen atoms in total. The fraction of sp³-hybridized carbons (Fsp3) is 0.462. The molecule has 1 amide bonds. The molecule has 0 aliphatic heterocycles. The van der Waals surface area contributed by atoms with Gasteiger partial charge in [-0.2, -0.15) is 0 Å². The number of amides is 1. The molecule has 0 aromatic carbocycles. The Morgan fingerprint density at radius 2 is 2.16 bits per heavy atom. The van der Waals surface area contributed by atoms with Crippen LogP contribution >= 0.6 is 0 Å². The van der Waals surface area contributed by atoms with Gasteiger partial charge in [0, 0.05) is 17.9 Å². The Kier molecular flexibility index (Phi) is 3.69. The first-order chi connectivity index (χ1) is 8.97. The molecule has 1 heterocycles. The number of hydrogen-bond acceptors (Lipinski definition) is 4. The minimum atomic E-state index is -1.06. The van der Waals surface area contributed by atoms with E-state index in [-0.39, 0.29) is 17.5 Å². The lowest BCUT2D eigenvalue weighted by Gasteiger charge is -2.16. The number of nitrogens with zero attached hydrogens (tertiary/aromatic N) is 1. The first-order valence-electron chi connectivity index (χ1n) is 6.24. The minimum absolute atomic E-state index is 0.0664. The smallest absolute Gasteiger partial charge is 0.339 e. The highest BCUT2D eigenvalue weighted by atomic mass is 16.4. The summed E-state index contributed by atoms with van der Waals surface area (Å²) in [6.45, 7) is 3.48. The van der Waals surface area contributed by atoms with Crippen molar-refractivity contribution in [3.8, 4) is 0 Å². The van der Waals surface area contributed by atoms with Crippen LogP contribution in [0, 0.1) is 6.92 Å². The van der Waals surface area contributed by atoms with E-state index < -0.39 is 12.0 Å². The van der Waals surface area contributed by atoms with Crippen LogP contribution in [0.1, 0.15) is 35.8 Å². The predicted molar refractivity (Wildman–Crippen MR) is 70.2 cm³/mol. The van der Waals surface area contributed by atoms with Crippen LogP contribution < -0.4 is 10.6 Å². The normalized spacial score (nSPS) is 15.7. The lowest BCUT2D eigenvalue weighted by molar-refractivity contribution is -0.121. The average Bonchev–Trinajstić information content (AvgIpc) is 3.12. The van der Waals surface area contributed by atoms with E-state index in [0.29, 0.717) is 11.4 Å². The second-order valence-electron chi connectivity index (χ2n) is 4.83. The second kappa shape index (κ2) is 5.26. The van der Waals surface area contributed by atoms with Crippen molar-refractivity contribution in [1.29, 1.82) is 0 Å². The number of hydrogen-bond donors (Lipinski definition) is 3. The highest BCUT2D eigenvalue weighted by molar-refractivity contribution is 5.95. The Hall–Kier alpha value is -2.11. The standard InChI is InChI=1S/C13H17N3O3/c1-7-5-11(10(6-14-7)13(18)19)15-8(2)12(17)16-9-3-4-9/h5-6,8-9H,3-4H2,1-2H3,(H,14,15)(H,16,17)(H,18,19). The molecule has 6 heteroatoms. The Balaban J connectivity index is 2.10. The van der Waals surface area contributed by atoms with Gasteiger partial charge in [0.1, 0.15) is 11.6 Å². The third-order valence-corrected chi connectivity index (χ3v) is 2.96. The Labute approximate surface area is 111 Å². The maximum atomic E-state index is 11.8. The fourth-order valence-electron chi connectivity index (χ4n) is 1.70. The van der Waals surface area contributed by atoms with Gasteiger partial charge in [-0.1, -0.05) is 0 Å². The highest BCUT2D eigenvalue weighted by Crippen LogP contribution is 2.20. The summed E-state index contributed by atoms with van der Waals surface area (Å²) in [6, 6.07) is 1.43. The van der Waals surface area contributed by atoms with Gasteiger partial charge in [-0.15, -0.1) is 0 Å². The molecule has 1 atom stereocenters. The van der Waals surface area contributed by atoms with Gasteiger partial charge in [0.15, 0.2) is 0 Å². The van der Waals surface area contributed by atoms with Crippen LogP contribution in [0.25, 0.3) is 0 Å². The molecule has 1 aliphatic rings. The quantitative estimate of drug-likeness (QED) is 0.741. The summed E-state index contributed by atoms with van der Waals surface area (Å²) in [4.78, 5) is 26.9. The van der Waals surface area contributed by atoms with Crippen LogP contribution in [0.2, 0.25) is 0 Å². The molecule has 1 aliphatic carbocycles. The van der Waals surface area contributed by atoms with Crippen LogP contribution in [0.4, 0.5) is 5.69 Å². The molecular weight excluding hydrogens is 246 g/mol.